The van der Waals surface area contributed by atoms with Crippen molar-refractivity contribution in [1.29, 1.82) is 0 Å². The molecule has 0 unspecified atom stereocenters. The van der Waals surface area contributed by atoms with Gasteiger partial charge >= 0.3 is 5.97 Å². The van der Waals surface area contributed by atoms with Crippen LogP contribution in [0, 0.1) is 6.92 Å². The molecule has 2 aromatic carbocycles. The first-order valence-corrected chi connectivity index (χ1v) is 10.5. The second kappa shape index (κ2) is 8.48. The molecule has 10 nitrogen and oxygen atoms in total. The van der Waals surface area contributed by atoms with E-state index in [1.807, 2.05) is 0 Å². The number of aromatic nitrogens is 2. The Balaban J connectivity index is 1.95. The largest absolute Gasteiger partial charge is 0.452 e. The van der Waals surface area contributed by atoms with E-state index in [-0.39, 0.29) is 16.1 Å². The second-order valence-corrected chi connectivity index (χ2v) is 8.29. The van der Waals surface area contributed by atoms with Gasteiger partial charge in [0.05, 0.1) is 21.8 Å². The lowest BCUT2D eigenvalue weighted by Gasteiger charge is -2.08. The second-order valence-electron chi connectivity index (χ2n) is 6.61. The third kappa shape index (κ3) is 4.51. The van der Waals surface area contributed by atoms with Crippen LogP contribution in [0.4, 0.5) is 5.69 Å². The topological polar surface area (TPSA) is 142 Å². The Hall–Kier alpha value is -3.86. The van der Waals surface area contributed by atoms with Crippen LogP contribution in [0.5, 0.6) is 0 Å². The quantitative estimate of drug-likeness (QED) is 0.519. The Morgan fingerprint density at radius 1 is 1.10 bits per heavy atom. The fourth-order valence-electron chi connectivity index (χ4n) is 2.89. The molecule has 0 bridgehead atoms. The summed E-state index contributed by atoms with van der Waals surface area (Å²) < 4.78 is 35.7. The van der Waals surface area contributed by atoms with Crippen molar-refractivity contribution < 1.29 is 22.7 Å². The summed E-state index contributed by atoms with van der Waals surface area (Å²) in [6, 6.07) is 13.8. The molecule has 3 rings (SSSR count). The molecule has 3 N–H and O–H groups in total. The normalized spacial score (nSPS) is 11.2. The van der Waals surface area contributed by atoms with E-state index in [1.54, 1.807) is 44.3 Å². The highest BCUT2D eigenvalue weighted by molar-refractivity contribution is 7.92. The standard InChI is InChI=1S/C20H20N4O6S/c1-13-18(19(26)24(23(13)2)15-8-4-3-5-9-15)22-31(28,29)16-10-6-7-14(11-16)20(27)30-12-17(21)25/h3-11,22H,12H2,1-2H3,(H2,21,25). The molecular weight excluding hydrogens is 424 g/mol. The molecule has 1 aromatic heterocycles. The number of nitrogens with two attached hydrogens (primary N) is 1. The maximum absolute atomic E-state index is 12.9. The van der Waals surface area contributed by atoms with E-state index in [2.05, 4.69) is 4.72 Å². The minimum atomic E-state index is -4.21. The molecule has 0 saturated heterocycles. The van der Waals surface area contributed by atoms with E-state index in [9.17, 15) is 22.8 Å². The smallest absolute Gasteiger partial charge is 0.338 e. The first-order chi connectivity index (χ1) is 14.6. The van der Waals surface area contributed by atoms with Crippen molar-refractivity contribution in [3.63, 3.8) is 0 Å². The lowest BCUT2D eigenvalue weighted by molar-refractivity contribution is -0.121. The van der Waals surface area contributed by atoms with Crippen LogP contribution in [0.15, 0.2) is 64.3 Å². The van der Waals surface area contributed by atoms with Gasteiger partial charge in [-0.25, -0.2) is 17.9 Å². The average Bonchev–Trinajstić information content (AvgIpc) is 2.95. The van der Waals surface area contributed by atoms with E-state index in [0.717, 1.165) is 6.07 Å². The van der Waals surface area contributed by atoms with Crippen molar-refractivity contribution >= 4 is 27.6 Å². The number of carbonyl (C=O) groups excluding carboxylic acids is 2. The van der Waals surface area contributed by atoms with Gasteiger partial charge in [-0.05, 0) is 37.3 Å². The molecule has 0 fully saturated rings. The van der Waals surface area contributed by atoms with Gasteiger partial charge < -0.3 is 10.5 Å². The third-order valence-electron chi connectivity index (χ3n) is 4.52. The zero-order valence-electron chi connectivity index (χ0n) is 16.7. The zero-order valence-corrected chi connectivity index (χ0v) is 17.5. The third-order valence-corrected chi connectivity index (χ3v) is 5.86. The van der Waals surface area contributed by atoms with Crippen molar-refractivity contribution in [3.8, 4) is 5.69 Å². The number of anilines is 1. The Labute approximate surface area is 177 Å². The van der Waals surface area contributed by atoms with Gasteiger partial charge in [-0.2, -0.15) is 0 Å². The summed E-state index contributed by atoms with van der Waals surface area (Å²) in [6.45, 7) is 0.979. The summed E-state index contributed by atoms with van der Waals surface area (Å²) >= 11 is 0. The highest BCUT2D eigenvalue weighted by Crippen LogP contribution is 2.20. The number of benzene rings is 2. The zero-order chi connectivity index (χ0) is 22.8. The van der Waals surface area contributed by atoms with Gasteiger partial charge in [0.1, 0.15) is 5.69 Å². The molecule has 31 heavy (non-hydrogen) atoms. The van der Waals surface area contributed by atoms with Gasteiger partial charge in [0.15, 0.2) is 6.61 Å². The summed E-state index contributed by atoms with van der Waals surface area (Å²) in [4.78, 5) is 35.5. The number of hydrogen-bond acceptors (Lipinski definition) is 6. The number of para-hydroxylation sites is 1. The number of carbonyl (C=O) groups is 2. The Morgan fingerprint density at radius 3 is 2.42 bits per heavy atom. The molecule has 0 atom stereocenters. The number of nitrogens with one attached hydrogen (secondary N) is 1. The van der Waals surface area contributed by atoms with Crippen molar-refractivity contribution in [2.75, 3.05) is 11.3 Å². The van der Waals surface area contributed by atoms with E-state index < -0.39 is 34.1 Å². The van der Waals surface area contributed by atoms with Crippen LogP contribution < -0.4 is 16.0 Å². The number of nitrogens with zero attached hydrogens (tertiary/aromatic N) is 2. The molecule has 0 aliphatic heterocycles. The van der Waals surface area contributed by atoms with Crippen LogP contribution in [0.3, 0.4) is 0 Å². The molecule has 0 saturated carbocycles. The fourth-order valence-corrected chi connectivity index (χ4v) is 4.05. The van der Waals surface area contributed by atoms with Crippen LogP contribution in [-0.2, 0) is 26.6 Å². The van der Waals surface area contributed by atoms with Crippen LogP contribution in [0.2, 0.25) is 0 Å². The molecule has 1 amide bonds. The number of hydrogen-bond donors (Lipinski definition) is 2. The minimum absolute atomic E-state index is 0.0874. The fraction of sp³-hybridized carbons (Fsp3) is 0.150. The Kier molecular flexibility index (Phi) is 5.97. The van der Waals surface area contributed by atoms with Crippen molar-refractivity contribution in [2.45, 2.75) is 11.8 Å². The number of ether oxygens (including phenoxy) is 1. The van der Waals surface area contributed by atoms with Crippen molar-refractivity contribution in [2.24, 2.45) is 12.8 Å². The van der Waals surface area contributed by atoms with Crippen LogP contribution in [-0.4, -0.2) is 36.3 Å². The van der Waals surface area contributed by atoms with E-state index in [0.29, 0.717) is 11.4 Å². The molecule has 0 aliphatic rings. The molecule has 162 valence electrons. The molecule has 1 heterocycles. The summed E-state index contributed by atoms with van der Waals surface area (Å²) in [5.41, 5.74) is 5.15. The van der Waals surface area contributed by atoms with Crippen LogP contribution >= 0.6 is 0 Å². The van der Waals surface area contributed by atoms with Gasteiger partial charge in [-0.1, -0.05) is 24.3 Å². The number of primary amides is 1. The minimum Gasteiger partial charge on any atom is -0.452 e. The first kappa shape index (κ1) is 21.8. The van der Waals surface area contributed by atoms with Gasteiger partial charge in [-0.3, -0.25) is 19.0 Å². The Bertz CT molecular complexity index is 1310. The van der Waals surface area contributed by atoms with E-state index in [4.69, 9.17) is 10.5 Å². The molecule has 0 radical (unpaired) electrons. The van der Waals surface area contributed by atoms with Crippen molar-refractivity contribution in [3.05, 3.63) is 76.2 Å². The number of amides is 1. The number of sulfonamides is 1. The first-order valence-electron chi connectivity index (χ1n) is 9.04. The maximum Gasteiger partial charge on any atom is 0.338 e. The van der Waals surface area contributed by atoms with Gasteiger partial charge in [0.2, 0.25) is 0 Å². The predicted octanol–water partition coefficient (Wildman–Crippen LogP) is 0.927. The number of rotatable bonds is 7. The molecule has 0 aliphatic carbocycles. The van der Waals surface area contributed by atoms with Crippen molar-refractivity contribution in [1.82, 2.24) is 9.36 Å². The van der Waals surface area contributed by atoms with Crippen LogP contribution in [0.1, 0.15) is 16.1 Å². The lowest BCUT2D eigenvalue weighted by Crippen LogP contribution is -2.23. The summed E-state index contributed by atoms with van der Waals surface area (Å²) in [6.07, 6.45) is 0. The summed E-state index contributed by atoms with van der Waals surface area (Å²) in [5.74, 6) is -1.74. The summed E-state index contributed by atoms with van der Waals surface area (Å²) in [7, 11) is -2.57. The van der Waals surface area contributed by atoms with Gasteiger partial charge in [0.25, 0.3) is 21.5 Å². The van der Waals surface area contributed by atoms with E-state index >= 15 is 0 Å². The molecular formula is C20H20N4O6S. The highest BCUT2D eigenvalue weighted by Gasteiger charge is 2.23. The Morgan fingerprint density at radius 2 is 1.77 bits per heavy atom. The monoisotopic (exact) mass is 444 g/mol. The van der Waals surface area contributed by atoms with E-state index in [1.165, 1.54) is 27.6 Å². The molecule has 0 spiro atoms. The van der Waals surface area contributed by atoms with Gasteiger partial charge in [-0.15, -0.1) is 0 Å². The van der Waals surface area contributed by atoms with Gasteiger partial charge in [0, 0.05) is 7.05 Å². The molecule has 3 aromatic rings. The predicted molar refractivity (Wildman–Crippen MR) is 112 cm³/mol. The summed E-state index contributed by atoms with van der Waals surface area (Å²) in [5, 5.41) is 0. The number of esters is 1. The van der Waals surface area contributed by atoms with Crippen LogP contribution in [0.25, 0.3) is 5.69 Å². The average molecular weight is 444 g/mol. The SMILES string of the molecule is Cc1c(NS(=O)(=O)c2cccc(C(=O)OCC(N)=O)c2)c(=O)n(-c2ccccc2)n1C. The lowest BCUT2D eigenvalue weighted by atomic mass is 10.2. The maximum atomic E-state index is 12.9. The molecule has 11 heteroatoms. The highest BCUT2D eigenvalue weighted by atomic mass is 32.2.